The number of anilines is 9. The van der Waals surface area contributed by atoms with Gasteiger partial charge in [-0.2, -0.15) is 0 Å². The summed E-state index contributed by atoms with van der Waals surface area (Å²) in [6, 6.07) is 166. The van der Waals surface area contributed by atoms with E-state index in [9.17, 15) is 0 Å². The maximum Gasteiger partial charge on any atom is 0.159 e. The van der Waals surface area contributed by atoms with Gasteiger partial charge in [-0.15, -0.1) is 34.0 Å². The average molecular weight is 1910 g/mol. The van der Waals surface area contributed by atoms with E-state index in [1.807, 2.05) is 88.2 Å². The van der Waals surface area contributed by atoms with Crippen LogP contribution in [-0.4, -0.2) is 0 Å². The van der Waals surface area contributed by atoms with E-state index in [4.69, 9.17) is 20.1 Å². The second kappa shape index (κ2) is 34.3. The quantitative estimate of drug-likeness (QED) is 0.121. The summed E-state index contributed by atoms with van der Waals surface area (Å²) in [6.07, 6.45) is 0. The predicted octanol–water partition coefficient (Wildman–Crippen LogP) is 41.3. The third kappa shape index (κ3) is 14.1. The van der Waals surface area contributed by atoms with E-state index in [0.29, 0.717) is 11.4 Å². The fraction of sp³-hybridized carbons (Fsp3) is 0. The number of rotatable bonds is 12. The Morgan fingerprint density at radius 2 is 0.545 bits per heavy atom. The molecule has 0 saturated heterocycles. The Morgan fingerprint density at radius 3 is 1.15 bits per heavy atom. The first-order chi connectivity index (χ1) is 73.9. The van der Waals surface area contributed by atoms with E-state index in [2.05, 4.69) is 422 Å². The smallest absolute Gasteiger partial charge is 0.159 e. The molecule has 0 aliphatic carbocycles. The highest BCUT2D eigenvalue weighted by Crippen LogP contribution is 2.54. The molecule has 6 aromatic heterocycles. The summed E-state index contributed by atoms with van der Waals surface area (Å²) >= 11 is 5.46. The van der Waals surface area contributed by atoms with Gasteiger partial charge in [0.2, 0.25) is 0 Å². The van der Waals surface area contributed by atoms with Gasteiger partial charge in [0, 0.05) is 144 Å². The summed E-state index contributed by atoms with van der Waals surface area (Å²) < 4.78 is 71.5. The monoisotopic (exact) mass is 1910 g/mol. The van der Waals surface area contributed by atoms with Gasteiger partial charge in [0.05, 0.1) is 28.6 Å². The number of benzene rings is 25. The highest BCUT2D eigenvalue weighted by Gasteiger charge is 2.28. The number of hydrogen-bond acceptors (Lipinski definition) is 9. The maximum absolute atomic E-state index is 9.17. The zero-order chi connectivity index (χ0) is 99.6. The summed E-state index contributed by atoms with van der Waals surface area (Å²) in [5.74, 6) is 0. The van der Waals surface area contributed by atoms with Crippen molar-refractivity contribution in [3.05, 3.63) is 503 Å². The van der Waals surface area contributed by atoms with E-state index in [1.165, 1.54) is 111 Å². The minimum absolute atomic E-state index is 0.0856. The zero-order valence-electron chi connectivity index (χ0n) is 82.8. The third-order valence-electron chi connectivity index (χ3n) is 29.0. The Labute approximate surface area is 852 Å². The standard InChI is InChI=1S/C50H31NOS.C44H27NOS.C42H25NOS/c1-2-10-32(11-3-1)36-14-8-15-37(30-36)33-20-24-38(25-21-33)51(39-26-29-46-44(31-39)48-40-16-6-4-12-34(40)23-28-47(48)52-46)45-19-9-18-42-43-27-22-35-13-5-7-17-41(35)49(43)53-50(42)45;1-2-10-28(11-3-1)31-14-8-15-32(26-31)45(33-22-25-40-38(27-33)42-34-16-6-4-12-29(34)21-24-41(42)47-40)39-19-9-18-36-37-23-20-30-13-5-7-17-35(30)43(37)46-44(36)39;1-2-12-28(13-3-1)43(29-20-23-38-36(24-29)40-30-14-6-4-10-26(30)19-22-39(40)45-38)37-25-35-34-21-18-27-11-5-7-15-31(27)41(34)44-42(35)33-17-9-8-16-32(33)37/h1-31H;1-27H;1-25H/i;;1D,2D,3D,12D,13D. The van der Waals surface area contributed by atoms with Crippen LogP contribution >= 0.6 is 34.0 Å². The Kier molecular flexibility index (Phi) is 18.6. The predicted molar refractivity (Wildman–Crippen MR) is 623 cm³/mol. The van der Waals surface area contributed by atoms with E-state index < -0.39 is 6.04 Å². The van der Waals surface area contributed by atoms with Crippen LogP contribution in [0.1, 0.15) is 6.85 Å². The van der Waals surface area contributed by atoms with Crippen LogP contribution in [0.5, 0.6) is 0 Å². The Balaban J connectivity index is 0.000000106. The van der Waals surface area contributed by atoms with E-state index >= 15 is 0 Å². The first-order valence-electron chi connectivity index (χ1n) is 51.3. The van der Waals surface area contributed by atoms with Gasteiger partial charge in [0.1, 0.15) is 27.9 Å². The van der Waals surface area contributed by atoms with Crippen LogP contribution < -0.4 is 14.7 Å². The molecule has 0 saturated carbocycles. The fourth-order valence-electron chi connectivity index (χ4n) is 22.3. The first kappa shape index (κ1) is 78.6. The van der Waals surface area contributed by atoms with Crippen molar-refractivity contribution >= 4 is 287 Å². The molecular formula is C136H83N3O3S3. The van der Waals surface area contributed by atoms with Gasteiger partial charge in [-0.3, -0.25) is 0 Å². The van der Waals surface area contributed by atoms with E-state index in [0.717, 1.165) is 158 Å². The SMILES string of the molecule is [2H]c1c([2H])c([2H])c(N(c2ccc3sc4ccc5ccccc5c4c3c2)c2cc3c4ccc5ccccc5c4oc3c3ccccc23)c([2H])c1[2H].c1ccc(-c2cccc(-c3ccc(N(c4ccc5oc6ccc7ccccc7c6c5c4)c4cccc5c4sc4c6ccccc6ccc54)cc3)c2)cc1.c1ccc(-c2cccc(N(c3ccc4sc5ccc6ccccc6c5c4c3)c3cccc4c3oc3c5ccccc5ccc43)c2)cc1. The van der Waals surface area contributed by atoms with E-state index in [1.54, 1.807) is 11.3 Å². The van der Waals surface area contributed by atoms with Crippen LogP contribution in [0.15, 0.2) is 517 Å². The molecule has 0 bridgehead atoms. The summed E-state index contributed by atoms with van der Waals surface area (Å²) in [5.41, 5.74) is 20.3. The lowest BCUT2D eigenvalue weighted by Crippen LogP contribution is -2.10. The normalized spacial score (nSPS) is 12.3. The molecular weight excluding hydrogens is 1820 g/mol. The molecule has 31 aromatic rings. The number of nitrogens with zero attached hydrogens (tertiary/aromatic N) is 3. The molecule has 9 heteroatoms. The fourth-order valence-corrected chi connectivity index (χ4v) is 25.8. The summed E-state index contributed by atoms with van der Waals surface area (Å²) in [5, 5.41) is 29.6. The molecule has 0 aliphatic rings. The molecule has 0 atom stereocenters. The summed E-state index contributed by atoms with van der Waals surface area (Å²) in [4.78, 5) is 6.64. The highest BCUT2D eigenvalue weighted by atomic mass is 32.1. The van der Waals surface area contributed by atoms with Crippen molar-refractivity contribution in [3.8, 4) is 33.4 Å². The molecule has 0 unspecified atom stereocenters. The molecule has 0 amide bonds. The number of thiophene rings is 3. The minimum atomic E-state index is -0.428. The van der Waals surface area contributed by atoms with Gasteiger partial charge in [-0.1, -0.05) is 358 Å². The first-order valence-corrected chi connectivity index (χ1v) is 51.2. The largest absolute Gasteiger partial charge is 0.456 e. The van der Waals surface area contributed by atoms with Crippen LogP contribution in [-0.2, 0) is 0 Å². The molecule has 0 fully saturated rings. The number of hydrogen-bond donors (Lipinski definition) is 0. The average Bonchev–Trinajstić information content (AvgIpc) is 1.50. The van der Waals surface area contributed by atoms with Crippen molar-refractivity contribution in [1.82, 2.24) is 0 Å². The van der Waals surface area contributed by atoms with E-state index in [-0.39, 0.29) is 29.9 Å². The van der Waals surface area contributed by atoms with Crippen LogP contribution in [0, 0.1) is 0 Å². The molecule has 6 nitrogen and oxygen atoms in total. The lowest BCUT2D eigenvalue weighted by Gasteiger charge is -2.27. The van der Waals surface area contributed by atoms with Crippen LogP contribution in [0.4, 0.5) is 51.2 Å². The van der Waals surface area contributed by atoms with Crippen molar-refractivity contribution in [3.63, 3.8) is 0 Å². The molecule has 0 spiro atoms. The molecule has 145 heavy (non-hydrogen) atoms. The van der Waals surface area contributed by atoms with Crippen LogP contribution in [0.2, 0.25) is 0 Å². The molecule has 0 radical (unpaired) electrons. The topological polar surface area (TPSA) is 49.1 Å². The number of fused-ring (bicyclic) bond motifs is 32. The molecule has 25 aromatic carbocycles. The van der Waals surface area contributed by atoms with Crippen molar-refractivity contribution in [2.24, 2.45) is 0 Å². The van der Waals surface area contributed by atoms with Crippen molar-refractivity contribution in [1.29, 1.82) is 0 Å². The lowest BCUT2D eigenvalue weighted by molar-refractivity contribution is 0.669. The Hall–Kier alpha value is -18.2. The molecule has 678 valence electrons. The van der Waals surface area contributed by atoms with Gasteiger partial charge >= 0.3 is 0 Å². The second-order valence-corrected chi connectivity index (χ2v) is 40.3. The Morgan fingerprint density at radius 1 is 0.172 bits per heavy atom. The van der Waals surface area contributed by atoms with Crippen LogP contribution in [0.3, 0.4) is 0 Å². The van der Waals surface area contributed by atoms with Crippen molar-refractivity contribution in [2.75, 3.05) is 14.7 Å². The van der Waals surface area contributed by atoms with Crippen LogP contribution in [0.25, 0.3) is 235 Å². The number of furan rings is 3. The van der Waals surface area contributed by atoms with Crippen molar-refractivity contribution in [2.45, 2.75) is 0 Å². The Bertz CT molecular complexity index is 11000. The summed E-state index contributed by atoms with van der Waals surface area (Å²) in [7, 11) is 0. The highest BCUT2D eigenvalue weighted by molar-refractivity contribution is 7.27. The molecule has 0 N–H and O–H groups in total. The molecule has 0 aliphatic heterocycles. The zero-order valence-corrected chi connectivity index (χ0v) is 80.3. The molecule has 6 heterocycles. The lowest BCUT2D eigenvalue weighted by atomic mass is 9.99. The van der Waals surface area contributed by atoms with Gasteiger partial charge < -0.3 is 28.0 Å². The maximum atomic E-state index is 9.17. The van der Waals surface area contributed by atoms with Gasteiger partial charge in [-0.05, 0) is 233 Å². The van der Waals surface area contributed by atoms with Gasteiger partial charge in [-0.25, -0.2) is 0 Å². The molecule has 31 rings (SSSR count). The van der Waals surface area contributed by atoms with Crippen molar-refractivity contribution < 1.29 is 20.1 Å². The van der Waals surface area contributed by atoms with Gasteiger partial charge in [0.25, 0.3) is 0 Å². The number of para-hydroxylation sites is 2. The summed E-state index contributed by atoms with van der Waals surface area (Å²) in [6.45, 7) is 0. The van der Waals surface area contributed by atoms with Gasteiger partial charge in [0.15, 0.2) is 5.58 Å². The minimum Gasteiger partial charge on any atom is -0.456 e. The second-order valence-electron chi connectivity index (χ2n) is 37.1. The third-order valence-corrected chi connectivity index (χ3v) is 32.5.